The quantitative estimate of drug-likeness (QED) is 0.761. The largest absolute Gasteiger partial charge is 0.507 e. The maximum absolute atomic E-state index is 9.79. The van der Waals surface area contributed by atoms with Gasteiger partial charge in [0.1, 0.15) is 5.75 Å². The molecule has 0 aliphatic heterocycles. The Bertz CT molecular complexity index is 503. The third kappa shape index (κ3) is 1.96. The van der Waals surface area contributed by atoms with Crippen molar-refractivity contribution in [3.63, 3.8) is 0 Å². The van der Waals surface area contributed by atoms with Crippen LogP contribution in [0.25, 0.3) is 0 Å². The summed E-state index contributed by atoms with van der Waals surface area (Å²) in [5.74, 6) is 0.256. The number of phenolic OH excluding ortho intramolecular Hbond substituents is 1. The molecule has 2 heteroatoms. The van der Waals surface area contributed by atoms with Crippen LogP contribution in [0, 0.1) is 0 Å². The first-order valence-corrected chi connectivity index (χ1v) is 5.13. The van der Waals surface area contributed by atoms with E-state index in [2.05, 4.69) is 4.99 Å². The molecule has 16 heavy (non-hydrogen) atoms. The molecule has 0 aliphatic carbocycles. The molecule has 0 atom stereocenters. The third-order valence-corrected chi connectivity index (χ3v) is 2.43. The number of aliphatic imine (C=N–C) groups is 1. The molecule has 0 fully saturated rings. The molecule has 0 saturated carbocycles. The number of hydrogen-bond donors (Lipinski definition) is 1. The Morgan fingerprint density at radius 1 is 0.938 bits per heavy atom. The maximum Gasteiger partial charge on any atom is 0.124 e. The van der Waals surface area contributed by atoms with E-state index in [1.165, 1.54) is 0 Å². The van der Waals surface area contributed by atoms with Gasteiger partial charge in [0.2, 0.25) is 0 Å². The third-order valence-electron chi connectivity index (χ3n) is 2.43. The summed E-state index contributed by atoms with van der Waals surface area (Å²) in [4.78, 5) is 4.25. The van der Waals surface area contributed by atoms with Gasteiger partial charge in [0.05, 0.1) is 5.71 Å². The summed E-state index contributed by atoms with van der Waals surface area (Å²) in [5, 5.41) is 9.79. The fourth-order valence-corrected chi connectivity index (χ4v) is 1.67. The standard InChI is InChI=1S/C14H13NO/c1-15-14(11-7-3-2-4-8-11)12-9-5-6-10-13(12)16/h2-10,16H,1H3. The van der Waals surface area contributed by atoms with Crippen molar-refractivity contribution in [1.82, 2.24) is 0 Å². The van der Waals surface area contributed by atoms with Crippen LogP contribution in [0.2, 0.25) is 0 Å². The Hall–Kier alpha value is -2.09. The van der Waals surface area contributed by atoms with Gasteiger partial charge in [-0.15, -0.1) is 0 Å². The Kier molecular flexibility index (Phi) is 3.01. The van der Waals surface area contributed by atoms with Crippen LogP contribution in [-0.2, 0) is 0 Å². The zero-order valence-electron chi connectivity index (χ0n) is 9.09. The van der Waals surface area contributed by atoms with Crippen molar-refractivity contribution in [1.29, 1.82) is 0 Å². The number of phenols is 1. The van der Waals surface area contributed by atoms with Crippen molar-refractivity contribution in [3.05, 3.63) is 65.7 Å². The summed E-state index contributed by atoms with van der Waals surface area (Å²) in [7, 11) is 1.73. The number of aromatic hydroxyl groups is 1. The van der Waals surface area contributed by atoms with E-state index < -0.39 is 0 Å². The molecule has 0 spiro atoms. The minimum Gasteiger partial charge on any atom is -0.507 e. The predicted octanol–water partition coefficient (Wildman–Crippen LogP) is 2.86. The van der Waals surface area contributed by atoms with Gasteiger partial charge in [-0.05, 0) is 12.1 Å². The molecule has 0 amide bonds. The Labute approximate surface area is 94.9 Å². The lowest BCUT2D eigenvalue weighted by Crippen LogP contribution is -2.03. The first-order valence-electron chi connectivity index (χ1n) is 5.13. The van der Waals surface area contributed by atoms with E-state index in [1.54, 1.807) is 19.2 Å². The summed E-state index contributed by atoms with van der Waals surface area (Å²) in [6.07, 6.45) is 0. The van der Waals surface area contributed by atoms with E-state index in [0.29, 0.717) is 0 Å². The lowest BCUT2D eigenvalue weighted by Gasteiger charge is -2.07. The highest BCUT2D eigenvalue weighted by Crippen LogP contribution is 2.20. The molecule has 2 aromatic rings. The van der Waals surface area contributed by atoms with Crippen LogP contribution in [0.4, 0.5) is 0 Å². The van der Waals surface area contributed by atoms with Gasteiger partial charge < -0.3 is 5.11 Å². The van der Waals surface area contributed by atoms with E-state index in [1.807, 2.05) is 42.5 Å². The molecule has 0 unspecified atom stereocenters. The second-order valence-corrected chi connectivity index (χ2v) is 3.46. The number of hydrogen-bond acceptors (Lipinski definition) is 2. The Morgan fingerprint density at radius 2 is 1.56 bits per heavy atom. The normalized spacial score (nSPS) is 11.4. The van der Waals surface area contributed by atoms with Crippen LogP contribution in [0.15, 0.2) is 59.6 Å². The molecule has 2 rings (SSSR count). The van der Waals surface area contributed by atoms with Crippen LogP contribution in [0.5, 0.6) is 5.75 Å². The monoisotopic (exact) mass is 211 g/mol. The minimum atomic E-state index is 0.256. The van der Waals surface area contributed by atoms with Gasteiger partial charge >= 0.3 is 0 Å². The van der Waals surface area contributed by atoms with Crippen molar-refractivity contribution in [2.45, 2.75) is 0 Å². The van der Waals surface area contributed by atoms with E-state index in [0.717, 1.165) is 16.8 Å². The molecule has 2 nitrogen and oxygen atoms in total. The molecule has 0 aromatic heterocycles. The fraction of sp³-hybridized carbons (Fsp3) is 0.0714. The van der Waals surface area contributed by atoms with Gasteiger partial charge in [-0.1, -0.05) is 42.5 Å². The lowest BCUT2D eigenvalue weighted by molar-refractivity contribution is 0.474. The summed E-state index contributed by atoms with van der Waals surface area (Å²) in [6, 6.07) is 17.1. The van der Waals surface area contributed by atoms with Crippen molar-refractivity contribution in [2.24, 2.45) is 4.99 Å². The van der Waals surface area contributed by atoms with Gasteiger partial charge in [0.15, 0.2) is 0 Å². The summed E-state index contributed by atoms with van der Waals surface area (Å²) >= 11 is 0. The summed E-state index contributed by atoms with van der Waals surface area (Å²) in [5.41, 5.74) is 2.57. The number of rotatable bonds is 2. The SMILES string of the molecule is CN=C(c1ccccc1)c1ccccc1O. The van der Waals surface area contributed by atoms with Crippen LogP contribution >= 0.6 is 0 Å². The van der Waals surface area contributed by atoms with Crippen molar-refractivity contribution in [2.75, 3.05) is 7.05 Å². The first-order chi connectivity index (χ1) is 7.83. The average molecular weight is 211 g/mol. The van der Waals surface area contributed by atoms with Gasteiger partial charge in [-0.3, -0.25) is 4.99 Å². The van der Waals surface area contributed by atoms with Gasteiger partial charge in [0, 0.05) is 18.2 Å². The highest BCUT2D eigenvalue weighted by atomic mass is 16.3. The van der Waals surface area contributed by atoms with Gasteiger partial charge in [-0.2, -0.15) is 0 Å². The molecular weight excluding hydrogens is 198 g/mol. The van der Waals surface area contributed by atoms with Crippen LogP contribution < -0.4 is 0 Å². The van der Waals surface area contributed by atoms with Crippen LogP contribution in [0.3, 0.4) is 0 Å². The predicted molar refractivity (Wildman–Crippen MR) is 66.1 cm³/mol. The smallest absolute Gasteiger partial charge is 0.124 e. The van der Waals surface area contributed by atoms with Crippen LogP contribution in [0.1, 0.15) is 11.1 Å². The number of nitrogens with zero attached hydrogens (tertiary/aromatic N) is 1. The minimum absolute atomic E-state index is 0.256. The topological polar surface area (TPSA) is 32.6 Å². The zero-order chi connectivity index (χ0) is 11.4. The van der Waals surface area contributed by atoms with E-state index >= 15 is 0 Å². The van der Waals surface area contributed by atoms with Crippen molar-refractivity contribution >= 4 is 5.71 Å². The molecule has 80 valence electrons. The molecular formula is C14H13NO. The van der Waals surface area contributed by atoms with Crippen molar-refractivity contribution in [3.8, 4) is 5.75 Å². The molecule has 0 saturated heterocycles. The van der Waals surface area contributed by atoms with E-state index in [4.69, 9.17) is 0 Å². The molecule has 0 bridgehead atoms. The Morgan fingerprint density at radius 3 is 2.19 bits per heavy atom. The highest BCUT2D eigenvalue weighted by molar-refractivity contribution is 6.14. The first kappa shape index (κ1) is 10.4. The fourth-order valence-electron chi connectivity index (χ4n) is 1.67. The molecule has 0 aliphatic rings. The summed E-state index contributed by atoms with van der Waals surface area (Å²) in [6.45, 7) is 0. The second-order valence-electron chi connectivity index (χ2n) is 3.46. The number of benzene rings is 2. The van der Waals surface area contributed by atoms with E-state index in [-0.39, 0.29) is 5.75 Å². The second kappa shape index (κ2) is 4.62. The van der Waals surface area contributed by atoms with Gasteiger partial charge in [0.25, 0.3) is 0 Å². The highest BCUT2D eigenvalue weighted by Gasteiger charge is 2.09. The lowest BCUT2D eigenvalue weighted by atomic mass is 10.0. The van der Waals surface area contributed by atoms with Crippen molar-refractivity contribution < 1.29 is 5.11 Å². The maximum atomic E-state index is 9.79. The molecule has 0 heterocycles. The van der Waals surface area contributed by atoms with E-state index in [9.17, 15) is 5.11 Å². The molecule has 0 radical (unpaired) electrons. The molecule has 2 aromatic carbocycles. The zero-order valence-corrected chi connectivity index (χ0v) is 9.09. The van der Waals surface area contributed by atoms with Gasteiger partial charge in [-0.25, -0.2) is 0 Å². The summed E-state index contributed by atoms with van der Waals surface area (Å²) < 4.78 is 0. The average Bonchev–Trinajstić information content (AvgIpc) is 2.34. The molecule has 1 N–H and O–H groups in total. The Balaban J connectivity index is 2.51. The van der Waals surface area contributed by atoms with Crippen LogP contribution in [-0.4, -0.2) is 17.9 Å². The number of para-hydroxylation sites is 1.